The highest BCUT2D eigenvalue weighted by Gasteiger charge is 2.24. The highest BCUT2D eigenvalue weighted by atomic mass is 35.5. The van der Waals surface area contributed by atoms with Crippen molar-refractivity contribution in [1.82, 2.24) is 10.3 Å². The van der Waals surface area contributed by atoms with Gasteiger partial charge in [-0.05, 0) is 42.2 Å². The molecular formula is C13H13ClN2S. The number of hydrogen-bond donors (Lipinski definition) is 1. The van der Waals surface area contributed by atoms with E-state index in [2.05, 4.69) is 16.4 Å². The van der Waals surface area contributed by atoms with Crippen LogP contribution in [0.5, 0.6) is 0 Å². The lowest BCUT2D eigenvalue weighted by molar-refractivity contribution is 0.530. The Labute approximate surface area is 110 Å². The second-order valence-corrected chi connectivity index (χ2v) is 6.02. The van der Waals surface area contributed by atoms with Gasteiger partial charge in [0, 0.05) is 29.9 Å². The van der Waals surface area contributed by atoms with Gasteiger partial charge in [-0.25, -0.2) is 0 Å². The molecule has 0 fully saturated rings. The smallest absolute Gasteiger partial charge is 0.0934 e. The molecule has 0 spiro atoms. The van der Waals surface area contributed by atoms with E-state index in [4.69, 9.17) is 11.6 Å². The molecule has 1 unspecified atom stereocenters. The number of rotatable bonds is 3. The van der Waals surface area contributed by atoms with Crippen molar-refractivity contribution in [1.29, 1.82) is 0 Å². The van der Waals surface area contributed by atoms with Gasteiger partial charge in [-0.1, -0.05) is 11.6 Å². The molecule has 2 aromatic heterocycles. The van der Waals surface area contributed by atoms with Crippen molar-refractivity contribution in [3.05, 3.63) is 50.9 Å². The molecule has 0 aliphatic heterocycles. The van der Waals surface area contributed by atoms with Crippen LogP contribution in [0.1, 0.15) is 28.5 Å². The van der Waals surface area contributed by atoms with Crippen molar-refractivity contribution in [2.75, 3.05) is 0 Å². The standard InChI is InChI=1S/C13H13ClN2S/c14-13-7-10-11(1-2-12(10)17-13)16-8-9-3-5-15-6-4-9/h3-7,11,16H,1-2,8H2. The lowest BCUT2D eigenvalue weighted by Crippen LogP contribution is -2.18. The lowest BCUT2D eigenvalue weighted by Gasteiger charge is -2.12. The minimum atomic E-state index is 0.460. The first-order valence-electron chi connectivity index (χ1n) is 5.73. The molecule has 2 aromatic rings. The fraction of sp³-hybridized carbons (Fsp3) is 0.308. The number of fused-ring (bicyclic) bond motifs is 1. The number of pyridine rings is 1. The van der Waals surface area contributed by atoms with Gasteiger partial charge in [-0.2, -0.15) is 0 Å². The van der Waals surface area contributed by atoms with Crippen LogP contribution in [0, 0.1) is 0 Å². The summed E-state index contributed by atoms with van der Waals surface area (Å²) in [6.07, 6.45) is 6.00. The van der Waals surface area contributed by atoms with E-state index in [1.165, 1.54) is 22.4 Å². The van der Waals surface area contributed by atoms with Crippen LogP contribution >= 0.6 is 22.9 Å². The van der Waals surface area contributed by atoms with Crippen LogP contribution in [0.3, 0.4) is 0 Å². The van der Waals surface area contributed by atoms with E-state index in [0.717, 1.165) is 17.3 Å². The highest BCUT2D eigenvalue weighted by Crippen LogP contribution is 2.39. The molecular weight excluding hydrogens is 252 g/mol. The molecule has 17 heavy (non-hydrogen) atoms. The molecule has 0 saturated carbocycles. The predicted octanol–water partition coefficient (Wildman–Crippen LogP) is 3.57. The number of thiophene rings is 1. The Bertz CT molecular complexity index is 509. The fourth-order valence-electron chi connectivity index (χ4n) is 2.28. The van der Waals surface area contributed by atoms with Gasteiger partial charge in [0.15, 0.2) is 0 Å². The largest absolute Gasteiger partial charge is 0.306 e. The van der Waals surface area contributed by atoms with Gasteiger partial charge in [0.25, 0.3) is 0 Å². The summed E-state index contributed by atoms with van der Waals surface area (Å²) in [6.45, 7) is 0.889. The molecule has 0 bridgehead atoms. The summed E-state index contributed by atoms with van der Waals surface area (Å²) in [5.41, 5.74) is 2.67. The van der Waals surface area contributed by atoms with E-state index in [1.54, 1.807) is 11.3 Å². The zero-order valence-electron chi connectivity index (χ0n) is 9.32. The Morgan fingerprint density at radius 2 is 2.24 bits per heavy atom. The number of aromatic nitrogens is 1. The minimum absolute atomic E-state index is 0.460. The van der Waals surface area contributed by atoms with Crippen molar-refractivity contribution in [3.8, 4) is 0 Å². The zero-order valence-corrected chi connectivity index (χ0v) is 10.9. The lowest BCUT2D eigenvalue weighted by atomic mass is 10.1. The van der Waals surface area contributed by atoms with Crippen LogP contribution in [0.2, 0.25) is 4.34 Å². The Hall–Kier alpha value is -0.900. The molecule has 2 heterocycles. The van der Waals surface area contributed by atoms with E-state index in [-0.39, 0.29) is 0 Å². The second kappa shape index (κ2) is 4.77. The van der Waals surface area contributed by atoms with Crippen LogP contribution in [0.4, 0.5) is 0 Å². The Balaban J connectivity index is 1.68. The van der Waals surface area contributed by atoms with Gasteiger partial charge in [0.2, 0.25) is 0 Å². The zero-order chi connectivity index (χ0) is 11.7. The molecule has 0 amide bonds. The van der Waals surface area contributed by atoms with Crippen LogP contribution in [0.15, 0.2) is 30.6 Å². The summed E-state index contributed by atoms with van der Waals surface area (Å²) < 4.78 is 0.908. The van der Waals surface area contributed by atoms with Crippen LogP contribution in [-0.4, -0.2) is 4.98 Å². The maximum Gasteiger partial charge on any atom is 0.0934 e. The van der Waals surface area contributed by atoms with Crippen molar-refractivity contribution in [3.63, 3.8) is 0 Å². The number of halogens is 1. The molecule has 1 aliphatic rings. The third kappa shape index (κ3) is 2.37. The molecule has 1 aliphatic carbocycles. The Morgan fingerprint density at radius 1 is 1.41 bits per heavy atom. The van der Waals surface area contributed by atoms with Gasteiger partial charge < -0.3 is 5.32 Å². The first-order valence-corrected chi connectivity index (χ1v) is 6.93. The maximum absolute atomic E-state index is 6.04. The molecule has 4 heteroatoms. The van der Waals surface area contributed by atoms with E-state index in [1.807, 2.05) is 24.5 Å². The predicted molar refractivity (Wildman–Crippen MR) is 71.5 cm³/mol. The minimum Gasteiger partial charge on any atom is -0.306 e. The monoisotopic (exact) mass is 264 g/mol. The average Bonchev–Trinajstić information content (AvgIpc) is 2.87. The van der Waals surface area contributed by atoms with Crippen LogP contribution in [0.25, 0.3) is 0 Å². The van der Waals surface area contributed by atoms with Gasteiger partial charge in [-0.15, -0.1) is 11.3 Å². The Kier molecular flexibility index (Phi) is 3.14. The topological polar surface area (TPSA) is 24.9 Å². The summed E-state index contributed by atoms with van der Waals surface area (Å²) in [4.78, 5) is 5.47. The maximum atomic E-state index is 6.04. The van der Waals surface area contributed by atoms with Gasteiger partial charge >= 0.3 is 0 Å². The molecule has 88 valence electrons. The summed E-state index contributed by atoms with van der Waals surface area (Å²) in [5.74, 6) is 0. The molecule has 2 nitrogen and oxygen atoms in total. The van der Waals surface area contributed by atoms with Gasteiger partial charge in [0.05, 0.1) is 4.34 Å². The molecule has 0 saturated heterocycles. The third-order valence-corrected chi connectivity index (χ3v) is 4.49. The van der Waals surface area contributed by atoms with E-state index < -0.39 is 0 Å². The Morgan fingerprint density at radius 3 is 3.06 bits per heavy atom. The first-order chi connectivity index (χ1) is 8.33. The number of nitrogens with zero attached hydrogens (tertiary/aromatic N) is 1. The molecule has 1 N–H and O–H groups in total. The summed E-state index contributed by atoms with van der Waals surface area (Å²) in [5, 5.41) is 3.59. The fourth-order valence-corrected chi connectivity index (χ4v) is 3.64. The molecule has 0 aromatic carbocycles. The van der Waals surface area contributed by atoms with Gasteiger partial charge in [-0.3, -0.25) is 4.98 Å². The molecule has 1 atom stereocenters. The van der Waals surface area contributed by atoms with Crippen LogP contribution < -0.4 is 5.32 Å². The van der Waals surface area contributed by atoms with Crippen molar-refractivity contribution < 1.29 is 0 Å². The van der Waals surface area contributed by atoms with Gasteiger partial charge in [0.1, 0.15) is 0 Å². The summed E-state index contributed by atoms with van der Waals surface area (Å²) >= 11 is 7.76. The summed E-state index contributed by atoms with van der Waals surface area (Å²) in [6, 6.07) is 6.66. The highest BCUT2D eigenvalue weighted by molar-refractivity contribution is 7.16. The number of aryl methyl sites for hydroxylation is 1. The van der Waals surface area contributed by atoms with E-state index in [9.17, 15) is 0 Å². The quantitative estimate of drug-likeness (QED) is 0.917. The third-order valence-electron chi connectivity index (χ3n) is 3.15. The first kappa shape index (κ1) is 11.2. The summed E-state index contributed by atoms with van der Waals surface area (Å²) in [7, 11) is 0. The molecule has 3 rings (SSSR count). The second-order valence-electron chi connectivity index (χ2n) is 4.26. The van der Waals surface area contributed by atoms with Crippen molar-refractivity contribution in [2.24, 2.45) is 0 Å². The number of nitrogens with one attached hydrogen (secondary N) is 1. The molecule has 0 radical (unpaired) electrons. The van der Waals surface area contributed by atoms with E-state index in [0.29, 0.717) is 6.04 Å². The van der Waals surface area contributed by atoms with Crippen molar-refractivity contribution >= 4 is 22.9 Å². The number of hydrogen-bond acceptors (Lipinski definition) is 3. The van der Waals surface area contributed by atoms with E-state index >= 15 is 0 Å². The average molecular weight is 265 g/mol. The normalized spacial score (nSPS) is 18.3. The van der Waals surface area contributed by atoms with Crippen LogP contribution in [-0.2, 0) is 13.0 Å². The SMILES string of the molecule is Clc1cc2c(s1)CCC2NCc1ccncc1. The van der Waals surface area contributed by atoms with Crippen molar-refractivity contribution in [2.45, 2.75) is 25.4 Å².